The topological polar surface area (TPSA) is 68.1 Å². The third-order valence-electron chi connectivity index (χ3n) is 2.87. The van der Waals surface area contributed by atoms with Gasteiger partial charge in [0, 0.05) is 17.6 Å². The maximum atomic E-state index is 12.2. The summed E-state index contributed by atoms with van der Waals surface area (Å²) in [6.07, 6.45) is 2.53. The van der Waals surface area contributed by atoms with Gasteiger partial charge in [-0.05, 0) is 18.6 Å². The van der Waals surface area contributed by atoms with Gasteiger partial charge in [0.15, 0.2) is 0 Å². The van der Waals surface area contributed by atoms with Crippen molar-refractivity contribution in [3.05, 3.63) is 40.0 Å². The summed E-state index contributed by atoms with van der Waals surface area (Å²) in [6, 6.07) is 3.63. The minimum atomic E-state index is -0.155. The largest absolute Gasteiger partial charge is 0.464 e. The van der Waals surface area contributed by atoms with Crippen LogP contribution in [0.25, 0.3) is 21.5 Å². The summed E-state index contributed by atoms with van der Waals surface area (Å²) in [6.45, 7) is 3.02. The molecule has 0 aliphatic heterocycles. The zero-order valence-corrected chi connectivity index (χ0v) is 11.8. The summed E-state index contributed by atoms with van der Waals surface area (Å²) < 4.78 is 10.8. The molecule has 3 aromatic heterocycles. The van der Waals surface area contributed by atoms with E-state index in [1.54, 1.807) is 12.3 Å². The molecule has 0 radical (unpaired) electrons. The van der Waals surface area contributed by atoms with Crippen molar-refractivity contribution in [2.24, 2.45) is 0 Å². The molecule has 0 fully saturated rings. The Hall–Kier alpha value is -1.92. The second-order valence-corrected chi connectivity index (χ2v) is 5.23. The first kappa shape index (κ1) is 13.1. The average molecular weight is 290 g/mol. The van der Waals surface area contributed by atoms with Gasteiger partial charge in [-0.1, -0.05) is 6.92 Å². The van der Waals surface area contributed by atoms with E-state index in [0.29, 0.717) is 35.0 Å². The summed E-state index contributed by atoms with van der Waals surface area (Å²) in [5.74, 6) is 1.24. The molecule has 3 heterocycles. The monoisotopic (exact) mass is 290 g/mol. The number of rotatable bonds is 5. The van der Waals surface area contributed by atoms with E-state index in [-0.39, 0.29) is 5.56 Å². The molecule has 0 unspecified atom stereocenters. The Morgan fingerprint density at radius 2 is 2.40 bits per heavy atom. The van der Waals surface area contributed by atoms with Crippen LogP contribution >= 0.6 is 11.3 Å². The van der Waals surface area contributed by atoms with Crippen molar-refractivity contribution in [1.29, 1.82) is 0 Å². The van der Waals surface area contributed by atoms with Crippen LogP contribution in [0.1, 0.15) is 19.2 Å². The van der Waals surface area contributed by atoms with Crippen LogP contribution < -0.4 is 5.56 Å². The number of nitrogens with zero attached hydrogens (tertiary/aromatic N) is 1. The van der Waals surface area contributed by atoms with Crippen molar-refractivity contribution in [3.63, 3.8) is 0 Å². The summed E-state index contributed by atoms with van der Waals surface area (Å²) in [7, 11) is 0. The first-order chi connectivity index (χ1) is 9.79. The molecular formula is C14H14N2O3S. The number of thiophene rings is 1. The number of aromatic nitrogens is 2. The van der Waals surface area contributed by atoms with Crippen LogP contribution in [0.5, 0.6) is 0 Å². The molecule has 1 N–H and O–H groups in total. The Morgan fingerprint density at radius 1 is 1.50 bits per heavy atom. The normalized spacial score (nSPS) is 11.2. The predicted molar refractivity (Wildman–Crippen MR) is 77.9 cm³/mol. The lowest BCUT2D eigenvalue weighted by atomic mass is 10.2. The molecule has 0 aliphatic rings. The Kier molecular flexibility index (Phi) is 3.66. The molecule has 6 heteroatoms. The van der Waals surface area contributed by atoms with E-state index in [1.807, 2.05) is 18.4 Å². The van der Waals surface area contributed by atoms with Crippen LogP contribution in [-0.2, 0) is 11.3 Å². The summed E-state index contributed by atoms with van der Waals surface area (Å²) in [4.78, 5) is 20.1. The average Bonchev–Trinajstić information content (AvgIpc) is 3.07. The number of aromatic amines is 1. The molecular weight excluding hydrogens is 276 g/mol. The molecule has 3 aromatic rings. The zero-order chi connectivity index (χ0) is 13.9. The third-order valence-corrected chi connectivity index (χ3v) is 3.74. The second kappa shape index (κ2) is 5.60. The van der Waals surface area contributed by atoms with Gasteiger partial charge >= 0.3 is 0 Å². The maximum Gasteiger partial charge on any atom is 0.260 e. The minimum absolute atomic E-state index is 0.155. The predicted octanol–water partition coefficient (Wildman–Crippen LogP) is 3.17. The van der Waals surface area contributed by atoms with Gasteiger partial charge in [-0.2, -0.15) is 0 Å². The standard InChI is InChI=1S/C14H14N2O3S/c1-2-5-18-7-11-15-13(17)12-9(8-20-14(12)16-11)10-4-3-6-19-10/h3-4,6,8H,2,5,7H2,1H3,(H,15,16,17). The first-order valence-corrected chi connectivity index (χ1v) is 7.29. The molecule has 0 bridgehead atoms. The molecule has 0 aliphatic carbocycles. The van der Waals surface area contributed by atoms with Crippen molar-refractivity contribution in [2.45, 2.75) is 20.0 Å². The van der Waals surface area contributed by atoms with Gasteiger partial charge in [0.05, 0.1) is 11.6 Å². The molecule has 20 heavy (non-hydrogen) atoms. The fourth-order valence-corrected chi connectivity index (χ4v) is 2.94. The van der Waals surface area contributed by atoms with Gasteiger partial charge in [-0.15, -0.1) is 11.3 Å². The molecule has 0 atom stereocenters. The Bertz CT molecular complexity index is 758. The number of nitrogens with one attached hydrogen (secondary N) is 1. The smallest absolute Gasteiger partial charge is 0.260 e. The van der Waals surface area contributed by atoms with Crippen molar-refractivity contribution >= 4 is 21.6 Å². The molecule has 3 rings (SSSR count). The van der Waals surface area contributed by atoms with Crippen LogP contribution in [-0.4, -0.2) is 16.6 Å². The van der Waals surface area contributed by atoms with E-state index in [2.05, 4.69) is 9.97 Å². The number of H-pyrrole nitrogens is 1. The van der Waals surface area contributed by atoms with E-state index in [4.69, 9.17) is 9.15 Å². The highest BCUT2D eigenvalue weighted by Crippen LogP contribution is 2.30. The second-order valence-electron chi connectivity index (χ2n) is 4.37. The van der Waals surface area contributed by atoms with Gasteiger partial charge in [0.1, 0.15) is 23.0 Å². The lowest BCUT2D eigenvalue weighted by Crippen LogP contribution is -2.12. The van der Waals surface area contributed by atoms with Gasteiger partial charge in [0.25, 0.3) is 5.56 Å². The van der Waals surface area contributed by atoms with Crippen LogP contribution in [0.3, 0.4) is 0 Å². The molecule has 0 aromatic carbocycles. The highest BCUT2D eigenvalue weighted by Gasteiger charge is 2.14. The molecule has 0 amide bonds. The van der Waals surface area contributed by atoms with Gasteiger partial charge < -0.3 is 14.1 Å². The highest BCUT2D eigenvalue weighted by atomic mass is 32.1. The summed E-state index contributed by atoms with van der Waals surface area (Å²) in [5.41, 5.74) is 0.627. The first-order valence-electron chi connectivity index (χ1n) is 6.41. The number of furan rings is 1. The van der Waals surface area contributed by atoms with E-state index in [1.165, 1.54) is 11.3 Å². The molecule has 0 spiro atoms. The fourth-order valence-electron chi connectivity index (χ4n) is 1.99. The molecule has 0 saturated heterocycles. The number of fused-ring (bicyclic) bond motifs is 1. The quantitative estimate of drug-likeness (QED) is 0.733. The maximum absolute atomic E-state index is 12.2. The van der Waals surface area contributed by atoms with Crippen molar-refractivity contribution in [1.82, 2.24) is 9.97 Å². The highest BCUT2D eigenvalue weighted by molar-refractivity contribution is 7.17. The van der Waals surface area contributed by atoms with E-state index in [9.17, 15) is 4.79 Å². The van der Waals surface area contributed by atoms with Crippen LogP contribution in [0.15, 0.2) is 33.0 Å². The molecule has 5 nitrogen and oxygen atoms in total. The number of ether oxygens (including phenoxy) is 1. The van der Waals surface area contributed by atoms with Gasteiger partial charge in [-0.3, -0.25) is 4.79 Å². The van der Waals surface area contributed by atoms with Crippen molar-refractivity contribution < 1.29 is 9.15 Å². The van der Waals surface area contributed by atoms with E-state index < -0.39 is 0 Å². The van der Waals surface area contributed by atoms with E-state index >= 15 is 0 Å². The minimum Gasteiger partial charge on any atom is -0.464 e. The molecule has 0 saturated carbocycles. The third kappa shape index (κ3) is 2.39. The van der Waals surface area contributed by atoms with Crippen LogP contribution in [0, 0.1) is 0 Å². The van der Waals surface area contributed by atoms with Crippen LogP contribution in [0.4, 0.5) is 0 Å². The number of hydrogen-bond donors (Lipinski definition) is 1. The lowest BCUT2D eigenvalue weighted by Gasteiger charge is -2.02. The van der Waals surface area contributed by atoms with Crippen LogP contribution in [0.2, 0.25) is 0 Å². The fraction of sp³-hybridized carbons (Fsp3) is 0.286. The van der Waals surface area contributed by atoms with Gasteiger partial charge in [-0.25, -0.2) is 4.98 Å². The Labute approximate surface area is 119 Å². The SMILES string of the molecule is CCCOCc1nc2scc(-c3ccco3)c2c(=O)[nH]1. The van der Waals surface area contributed by atoms with Crippen molar-refractivity contribution in [2.75, 3.05) is 6.61 Å². The Morgan fingerprint density at radius 3 is 3.15 bits per heavy atom. The number of hydrogen-bond acceptors (Lipinski definition) is 5. The van der Waals surface area contributed by atoms with Gasteiger partial charge in [0.2, 0.25) is 0 Å². The Balaban J connectivity index is 2.01. The summed E-state index contributed by atoms with van der Waals surface area (Å²) >= 11 is 1.43. The summed E-state index contributed by atoms with van der Waals surface area (Å²) in [5, 5.41) is 2.46. The zero-order valence-electron chi connectivity index (χ0n) is 11.0. The lowest BCUT2D eigenvalue weighted by molar-refractivity contribution is 0.116. The molecule has 104 valence electrons. The van der Waals surface area contributed by atoms with Crippen molar-refractivity contribution in [3.8, 4) is 11.3 Å². The van der Waals surface area contributed by atoms with E-state index in [0.717, 1.165) is 12.0 Å².